The van der Waals surface area contributed by atoms with Gasteiger partial charge in [-0.3, -0.25) is 0 Å². The molecule has 0 bridgehead atoms. The predicted octanol–water partition coefficient (Wildman–Crippen LogP) is 3.13. The maximum atomic E-state index is 3.55. The molecule has 0 saturated heterocycles. The van der Waals surface area contributed by atoms with Crippen LogP contribution in [0.4, 0.5) is 0 Å². The summed E-state index contributed by atoms with van der Waals surface area (Å²) in [6, 6.07) is 1.30. The van der Waals surface area contributed by atoms with E-state index in [1.165, 1.54) is 6.42 Å². The molecule has 0 aliphatic rings. The summed E-state index contributed by atoms with van der Waals surface area (Å²) in [5, 5.41) is 3.55. The molecular formula is C14H32N2. The van der Waals surface area contributed by atoms with Crippen LogP contribution < -0.4 is 5.32 Å². The Kier molecular flexibility index (Phi) is 6.57. The molecule has 2 unspecified atom stereocenters. The third-order valence-corrected chi connectivity index (χ3v) is 3.52. The molecule has 0 rings (SSSR count). The van der Waals surface area contributed by atoms with Gasteiger partial charge in [0, 0.05) is 17.6 Å². The molecule has 0 spiro atoms. The van der Waals surface area contributed by atoms with Gasteiger partial charge in [0.1, 0.15) is 0 Å². The lowest BCUT2D eigenvalue weighted by Gasteiger charge is -2.34. The van der Waals surface area contributed by atoms with Crippen molar-refractivity contribution in [1.82, 2.24) is 10.2 Å². The van der Waals surface area contributed by atoms with Crippen LogP contribution in [-0.2, 0) is 0 Å². The molecule has 0 saturated carbocycles. The molecule has 0 amide bonds. The van der Waals surface area contributed by atoms with Gasteiger partial charge in [0.15, 0.2) is 0 Å². The van der Waals surface area contributed by atoms with Crippen LogP contribution in [0.3, 0.4) is 0 Å². The Morgan fingerprint density at radius 1 is 1.06 bits per heavy atom. The van der Waals surface area contributed by atoms with E-state index in [-0.39, 0.29) is 5.54 Å². The maximum absolute atomic E-state index is 3.55. The van der Waals surface area contributed by atoms with Crippen LogP contribution in [0.25, 0.3) is 0 Å². The standard InChI is InChI=1S/C14H32N2/c1-11(2)13(4)16(8)12(3)9-10-15-14(5,6)7/h11-13,15H,9-10H2,1-8H3. The Morgan fingerprint density at radius 3 is 1.94 bits per heavy atom. The highest BCUT2D eigenvalue weighted by Gasteiger charge is 2.18. The Morgan fingerprint density at radius 2 is 1.56 bits per heavy atom. The second kappa shape index (κ2) is 6.61. The fourth-order valence-corrected chi connectivity index (χ4v) is 1.73. The van der Waals surface area contributed by atoms with Crippen molar-refractivity contribution in [2.24, 2.45) is 5.92 Å². The zero-order chi connectivity index (χ0) is 12.9. The number of rotatable bonds is 6. The molecule has 98 valence electrons. The zero-order valence-corrected chi connectivity index (χ0v) is 12.6. The summed E-state index contributed by atoms with van der Waals surface area (Å²) in [6.45, 7) is 17.0. The maximum Gasteiger partial charge on any atom is 0.00965 e. The van der Waals surface area contributed by atoms with Crippen LogP contribution in [0.1, 0.15) is 54.9 Å². The molecule has 0 aliphatic carbocycles. The molecule has 0 aliphatic heterocycles. The van der Waals surface area contributed by atoms with E-state index in [9.17, 15) is 0 Å². The van der Waals surface area contributed by atoms with Gasteiger partial charge in [0.2, 0.25) is 0 Å². The lowest BCUT2D eigenvalue weighted by Crippen LogP contribution is -2.43. The fraction of sp³-hybridized carbons (Fsp3) is 1.00. The van der Waals surface area contributed by atoms with Crippen LogP contribution >= 0.6 is 0 Å². The highest BCUT2D eigenvalue weighted by atomic mass is 15.2. The van der Waals surface area contributed by atoms with E-state index in [4.69, 9.17) is 0 Å². The topological polar surface area (TPSA) is 15.3 Å². The van der Waals surface area contributed by atoms with Crippen LogP contribution in [-0.4, -0.2) is 36.1 Å². The molecule has 1 N–H and O–H groups in total. The third kappa shape index (κ3) is 6.49. The van der Waals surface area contributed by atoms with Gasteiger partial charge in [-0.05, 0) is 60.5 Å². The SMILES string of the molecule is CC(C)C(C)N(C)C(C)CCNC(C)(C)C. The molecular weight excluding hydrogens is 196 g/mol. The Bertz CT molecular complexity index is 182. The fourth-order valence-electron chi connectivity index (χ4n) is 1.73. The van der Waals surface area contributed by atoms with Gasteiger partial charge in [-0.15, -0.1) is 0 Å². The quantitative estimate of drug-likeness (QED) is 0.751. The molecule has 0 radical (unpaired) electrons. The van der Waals surface area contributed by atoms with Crippen LogP contribution in [0, 0.1) is 5.92 Å². The van der Waals surface area contributed by atoms with Crippen LogP contribution in [0.5, 0.6) is 0 Å². The van der Waals surface area contributed by atoms with E-state index >= 15 is 0 Å². The molecule has 0 fully saturated rings. The smallest absolute Gasteiger partial charge is 0.00965 e. The van der Waals surface area contributed by atoms with Gasteiger partial charge < -0.3 is 10.2 Å². The molecule has 2 nitrogen and oxygen atoms in total. The Hall–Kier alpha value is -0.0800. The first kappa shape index (κ1) is 15.9. The van der Waals surface area contributed by atoms with Crippen molar-refractivity contribution in [2.45, 2.75) is 72.5 Å². The summed E-state index contributed by atoms with van der Waals surface area (Å²) in [4.78, 5) is 2.50. The van der Waals surface area contributed by atoms with Crippen molar-refractivity contribution in [3.63, 3.8) is 0 Å². The first-order valence-electron chi connectivity index (χ1n) is 6.62. The summed E-state index contributed by atoms with van der Waals surface area (Å²) >= 11 is 0. The van der Waals surface area contributed by atoms with E-state index in [0.717, 1.165) is 12.5 Å². The van der Waals surface area contributed by atoms with Crippen molar-refractivity contribution in [2.75, 3.05) is 13.6 Å². The lowest BCUT2D eigenvalue weighted by molar-refractivity contribution is 0.149. The van der Waals surface area contributed by atoms with Gasteiger partial charge in [0.05, 0.1) is 0 Å². The molecule has 0 aromatic carbocycles. The predicted molar refractivity (Wildman–Crippen MR) is 73.9 cm³/mol. The van der Waals surface area contributed by atoms with Gasteiger partial charge >= 0.3 is 0 Å². The van der Waals surface area contributed by atoms with Crippen molar-refractivity contribution in [3.05, 3.63) is 0 Å². The molecule has 0 aromatic rings. The average Bonchev–Trinajstić information content (AvgIpc) is 2.13. The number of nitrogens with one attached hydrogen (secondary N) is 1. The van der Waals surface area contributed by atoms with Crippen molar-refractivity contribution in [1.29, 1.82) is 0 Å². The summed E-state index contributed by atoms with van der Waals surface area (Å²) < 4.78 is 0. The molecule has 16 heavy (non-hydrogen) atoms. The summed E-state index contributed by atoms with van der Waals surface area (Å²) in [6.07, 6.45) is 1.21. The van der Waals surface area contributed by atoms with Crippen LogP contribution in [0.15, 0.2) is 0 Å². The van der Waals surface area contributed by atoms with E-state index in [2.05, 4.69) is 65.7 Å². The molecule has 2 atom stereocenters. The number of nitrogens with zero attached hydrogens (tertiary/aromatic N) is 1. The highest BCUT2D eigenvalue weighted by molar-refractivity contribution is 4.76. The monoisotopic (exact) mass is 228 g/mol. The second-order valence-electron chi connectivity index (χ2n) is 6.46. The van der Waals surface area contributed by atoms with E-state index in [1.54, 1.807) is 0 Å². The third-order valence-electron chi connectivity index (χ3n) is 3.52. The number of hydrogen-bond acceptors (Lipinski definition) is 2. The van der Waals surface area contributed by atoms with Gasteiger partial charge in [-0.25, -0.2) is 0 Å². The Balaban J connectivity index is 3.93. The molecule has 0 heterocycles. The highest BCUT2D eigenvalue weighted by Crippen LogP contribution is 2.13. The largest absolute Gasteiger partial charge is 0.312 e. The van der Waals surface area contributed by atoms with Crippen LogP contribution in [0.2, 0.25) is 0 Å². The van der Waals surface area contributed by atoms with E-state index in [0.29, 0.717) is 12.1 Å². The first-order valence-corrected chi connectivity index (χ1v) is 6.62. The molecule has 0 aromatic heterocycles. The van der Waals surface area contributed by atoms with Crippen molar-refractivity contribution < 1.29 is 0 Å². The minimum atomic E-state index is 0.238. The van der Waals surface area contributed by atoms with E-state index in [1.807, 2.05) is 0 Å². The minimum absolute atomic E-state index is 0.238. The van der Waals surface area contributed by atoms with Gasteiger partial charge in [-0.1, -0.05) is 13.8 Å². The second-order valence-corrected chi connectivity index (χ2v) is 6.46. The Labute approximate surface area is 103 Å². The van der Waals surface area contributed by atoms with Gasteiger partial charge in [-0.2, -0.15) is 0 Å². The minimum Gasteiger partial charge on any atom is -0.312 e. The number of hydrogen-bond donors (Lipinski definition) is 1. The van der Waals surface area contributed by atoms with Crippen molar-refractivity contribution >= 4 is 0 Å². The van der Waals surface area contributed by atoms with Gasteiger partial charge in [0.25, 0.3) is 0 Å². The molecule has 2 heteroatoms. The summed E-state index contributed by atoms with van der Waals surface area (Å²) in [5.41, 5.74) is 0.238. The lowest BCUT2D eigenvalue weighted by atomic mass is 10.0. The van der Waals surface area contributed by atoms with E-state index < -0.39 is 0 Å². The van der Waals surface area contributed by atoms with Crippen molar-refractivity contribution in [3.8, 4) is 0 Å². The summed E-state index contributed by atoms with van der Waals surface area (Å²) in [7, 11) is 2.24. The zero-order valence-electron chi connectivity index (χ0n) is 12.6. The summed E-state index contributed by atoms with van der Waals surface area (Å²) in [5.74, 6) is 0.725. The average molecular weight is 228 g/mol. The first-order chi connectivity index (χ1) is 7.15. The normalized spacial score (nSPS) is 16.9.